The van der Waals surface area contributed by atoms with Crippen molar-refractivity contribution in [1.29, 1.82) is 0 Å². The first-order valence-electron chi connectivity index (χ1n) is 21.5. The number of phosphoric ester groups is 1. The second kappa shape index (κ2) is 41.3. The fraction of sp³-hybridized carbons (Fsp3) is 0.652. The molecule has 326 valence electrons. The lowest BCUT2D eigenvalue weighted by Crippen LogP contribution is -2.29. The molecule has 1 unspecified atom stereocenters. The van der Waals surface area contributed by atoms with Crippen LogP contribution in [0.4, 0.5) is 0 Å². The summed E-state index contributed by atoms with van der Waals surface area (Å²) in [7, 11) is -4.64. The number of carbonyl (C=O) groups excluding carboxylic acids is 2. The van der Waals surface area contributed by atoms with Crippen LogP contribution in [0.1, 0.15) is 155 Å². The molecule has 0 spiro atoms. The van der Waals surface area contributed by atoms with Crippen LogP contribution in [0.15, 0.2) is 85.1 Å². The molecular weight excluding hydrogens is 743 g/mol. The Bertz CT molecular complexity index is 1220. The van der Waals surface area contributed by atoms with Crippen molar-refractivity contribution in [2.24, 2.45) is 0 Å². The topological polar surface area (TPSA) is 149 Å². The second-order valence-corrected chi connectivity index (χ2v) is 15.4. The summed E-state index contributed by atoms with van der Waals surface area (Å²) in [4.78, 5) is 35.0. The molecule has 0 saturated heterocycles. The van der Waals surface area contributed by atoms with Gasteiger partial charge < -0.3 is 24.6 Å². The molecule has 0 aliphatic heterocycles. The molecule has 0 bridgehead atoms. The van der Waals surface area contributed by atoms with Crippen LogP contribution in [-0.4, -0.2) is 65.7 Å². The molecule has 11 heteroatoms. The Kier molecular flexibility index (Phi) is 39.2. The number of hydrogen-bond acceptors (Lipinski definition) is 9. The maximum absolute atomic E-state index is 12.6. The summed E-state index contributed by atoms with van der Waals surface area (Å²) in [6, 6.07) is 0. The van der Waals surface area contributed by atoms with Crippen LogP contribution in [0.3, 0.4) is 0 Å². The molecule has 3 N–H and O–H groups in total. The monoisotopic (exact) mass is 821 g/mol. The molecule has 3 atom stereocenters. The number of aliphatic hydroxyl groups excluding tert-OH is 2. The van der Waals surface area contributed by atoms with E-state index in [-0.39, 0.29) is 19.4 Å². The fourth-order valence-electron chi connectivity index (χ4n) is 5.22. The van der Waals surface area contributed by atoms with Gasteiger partial charge in [-0.15, -0.1) is 0 Å². The molecule has 0 aromatic carbocycles. The zero-order valence-corrected chi connectivity index (χ0v) is 36.2. The first-order valence-corrected chi connectivity index (χ1v) is 23.0. The highest BCUT2D eigenvalue weighted by molar-refractivity contribution is 7.47. The maximum atomic E-state index is 12.6. The third-order valence-corrected chi connectivity index (χ3v) is 9.48. The second-order valence-electron chi connectivity index (χ2n) is 14.0. The smallest absolute Gasteiger partial charge is 0.462 e. The Labute approximate surface area is 345 Å². The van der Waals surface area contributed by atoms with Gasteiger partial charge in [-0.25, -0.2) is 4.57 Å². The SMILES string of the molecule is CC/C=C/C/C=C/C/C=C/CCCCCCCC(=O)O[C@H](COC(=O)CCCCC/C=C/C/C=C/C/C=C/C/C=C/CCCCC)COP(=O)(O)OC[C@@H](O)CO. The van der Waals surface area contributed by atoms with Gasteiger partial charge in [0, 0.05) is 12.8 Å². The van der Waals surface area contributed by atoms with Crippen molar-refractivity contribution in [2.75, 3.05) is 26.4 Å². The maximum Gasteiger partial charge on any atom is 0.472 e. The van der Waals surface area contributed by atoms with Gasteiger partial charge in [-0.05, 0) is 89.9 Å². The van der Waals surface area contributed by atoms with E-state index in [0.29, 0.717) is 12.8 Å². The van der Waals surface area contributed by atoms with Crippen molar-refractivity contribution in [3.63, 3.8) is 0 Å². The van der Waals surface area contributed by atoms with Crippen molar-refractivity contribution >= 4 is 19.8 Å². The van der Waals surface area contributed by atoms with Crippen molar-refractivity contribution in [1.82, 2.24) is 0 Å². The quantitative estimate of drug-likeness (QED) is 0.0237. The molecule has 0 aliphatic carbocycles. The van der Waals surface area contributed by atoms with Gasteiger partial charge in [-0.1, -0.05) is 137 Å². The van der Waals surface area contributed by atoms with E-state index in [2.05, 4.69) is 103 Å². The molecule has 0 aliphatic rings. The lowest BCUT2D eigenvalue weighted by atomic mass is 10.1. The largest absolute Gasteiger partial charge is 0.472 e. The predicted molar refractivity (Wildman–Crippen MR) is 233 cm³/mol. The molecule has 0 aromatic heterocycles. The summed E-state index contributed by atoms with van der Waals surface area (Å²) in [5, 5.41) is 18.3. The van der Waals surface area contributed by atoms with E-state index in [4.69, 9.17) is 19.1 Å². The van der Waals surface area contributed by atoms with Crippen LogP contribution in [0, 0.1) is 0 Å². The Balaban J connectivity index is 4.40. The van der Waals surface area contributed by atoms with Gasteiger partial charge in [0.15, 0.2) is 6.10 Å². The molecule has 0 rings (SSSR count). The number of rotatable bonds is 39. The molecule has 0 heterocycles. The van der Waals surface area contributed by atoms with Gasteiger partial charge in [0.05, 0.1) is 19.8 Å². The van der Waals surface area contributed by atoms with Crippen LogP contribution >= 0.6 is 7.82 Å². The van der Waals surface area contributed by atoms with Crippen LogP contribution in [0.5, 0.6) is 0 Å². The lowest BCUT2D eigenvalue weighted by molar-refractivity contribution is -0.161. The summed E-state index contributed by atoms with van der Waals surface area (Å²) in [6.45, 7) is 2.16. The van der Waals surface area contributed by atoms with Crippen LogP contribution < -0.4 is 0 Å². The molecule has 0 fully saturated rings. The van der Waals surface area contributed by atoms with Gasteiger partial charge >= 0.3 is 19.8 Å². The molecule has 10 nitrogen and oxygen atoms in total. The Morgan fingerprint density at radius 2 is 0.965 bits per heavy atom. The molecule has 0 saturated carbocycles. The molecule has 0 aromatic rings. The Hall–Kier alpha value is -2.85. The van der Waals surface area contributed by atoms with E-state index >= 15 is 0 Å². The number of phosphoric acid groups is 1. The molecular formula is C46H77O10P. The fourth-order valence-corrected chi connectivity index (χ4v) is 6.01. The number of ether oxygens (including phenoxy) is 2. The van der Waals surface area contributed by atoms with Crippen LogP contribution in [0.25, 0.3) is 0 Å². The third kappa shape index (κ3) is 41.1. The van der Waals surface area contributed by atoms with E-state index in [1.54, 1.807) is 0 Å². The highest BCUT2D eigenvalue weighted by atomic mass is 31.2. The lowest BCUT2D eigenvalue weighted by Gasteiger charge is -2.20. The van der Waals surface area contributed by atoms with Gasteiger partial charge in [0.25, 0.3) is 0 Å². The molecule has 0 amide bonds. The van der Waals surface area contributed by atoms with E-state index < -0.39 is 51.8 Å². The number of carbonyl (C=O) groups is 2. The Morgan fingerprint density at radius 3 is 1.47 bits per heavy atom. The standard InChI is InChI=1S/C46H77O10P/c1-3-5-7-9-11-13-15-17-19-20-21-22-24-25-27-29-31-33-35-37-45(49)53-41-44(42-55-57(51,52)54-40-43(48)39-47)56-46(50)38-36-34-32-30-28-26-23-18-16-14-12-10-8-6-4-2/h6,8,11-14,17-19,21-23,25,27,43-44,47-48H,3-5,7,9-10,15-16,20,24,26,28-42H2,1-2H3,(H,51,52)/b8-6+,13-11+,14-12+,19-17+,22-21+,23-18+,27-25+/t43-,44+/m0/s1. The third-order valence-electron chi connectivity index (χ3n) is 8.53. The van der Waals surface area contributed by atoms with E-state index in [1.165, 1.54) is 25.7 Å². The number of hydrogen-bond donors (Lipinski definition) is 3. The van der Waals surface area contributed by atoms with Gasteiger partial charge in [-0.2, -0.15) is 0 Å². The van der Waals surface area contributed by atoms with Crippen molar-refractivity contribution in [3.8, 4) is 0 Å². The normalized spacial score (nSPS) is 14.7. The van der Waals surface area contributed by atoms with Crippen molar-refractivity contribution in [2.45, 2.75) is 167 Å². The average Bonchev–Trinajstić information content (AvgIpc) is 3.20. The van der Waals surface area contributed by atoms with Gasteiger partial charge in [0.1, 0.15) is 12.7 Å². The summed E-state index contributed by atoms with van der Waals surface area (Å²) in [6.07, 6.45) is 48.3. The summed E-state index contributed by atoms with van der Waals surface area (Å²) in [5.41, 5.74) is 0. The first-order chi connectivity index (χ1) is 27.7. The summed E-state index contributed by atoms with van der Waals surface area (Å²) >= 11 is 0. The molecule has 57 heavy (non-hydrogen) atoms. The predicted octanol–water partition coefficient (Wildman–Crippen LogP) is 11.4. The van der Waals surface area contributed by atoms with E-state index in [1.807, 2.05) is 0 Å². The first kappa shape index (κ1) is 54.2. The minimum absolute atomic E-state index is 0.152. The van der Waals surface area contributed by atoms with Crippen LogP contribution in [0.2, 0.25) is 0 Å². The minimum Gasteiger partial charge on any atom is -0.462 e. The number of esters is 2. The number of allylic oxidation sites excluding steroid dienone is 14. The van der Waals surface area contributed by atoms with Crippen molar-refractivity contribution < 1.29 is 47.8 Å². The minimum atomic E-state index is -4.64. The van der Waals surface area contributed by atoms with Gasteiger partial charge in [0.2, 0.25) is 0 Å². The number of aliphatic hydroxyl groups is 2. The number of unbranched alkanes of at least 4 members (excludes halogenated alkanes) is 11. The zero-order valence-electron chi connectivity index (χ0n) is 35.3. The van der Waals surface area contributed by atoms with E-state index in [0.717, 1.165) is 89.9 Å². The zero-order chi connectivity index (χ0) is 41.9. The highest BCUT2D eigenvalue weighted by Gasteiger charge is 2.27. The highest BCUT2D eigenvalue weighted by Crippen LogP contribution is 2.43. The summed E-state index contributed by atoms with van der Waals surface area (Å²) in [5.74, 6) is -0.989. The Morgan fingerprint density at radius 1 is 0.544 bits per heavy atom. The summed E-state index contributed by atoms with van der Waals surface area (Å²) < 4.78 is 32.7. The average molecular weight is 821 g/mol. The molecule has 0 radical (unpaired) electrons. The van der Waals surface area contributed by atoms with E-state index in [9.17, 15) is 24.2 Å². The van der Waals surface area contributed by atoms with Gasteiger partial charge in [-0.3, -0.25) is 18.6 Å². The van der Waals surface area contributed by atoms with Crippen LogP contribution in [-0.2, 0) is 32.7 Å². The van der Waals surface area contributed by atoms with Crippen molar-refractivity contribution in [3.05, 3.63) is 85.1 Å².